The van der Waals surface area contributed by atoms with Crippen LogP contribution >= 0.6 is 22.6 Å². The van der Waals surface area contributed by atoms with Crippen LogP contribution in [0.25, 0.3) is 0 Å². The Morgan fingerprint density at radius 2 is 1.42 bits per heavy atom. The maximum Gasteiger partial charge on any atom is 0.291 e. The van der Waals surface area contributed by atoms with Gasteiger partial charge in [-0.3, -0.25) is 9.59 Å². The van der Waals surface area contributed by atoms with Crippen LogP contribution in [0.1, 0.15) is 20.9 Å². The van der Waals surface area contributed by atoms with Crippen LogP contribution in [0.5, 0.6) is 5.75 Å². The first-order chi connectivity index (χ1) is 12.5. The predicted octanol–water partition coefficient (Wildman–Crippen LogP) is 4.40. The van der Waals surface area contributed by atoms with Crippen molar-refractivity contribution < 1.29 is 18.7 Å². The van der Waals surface area contributed by atoms with Gasteiger partial charge in [0.25, 0.3) is 11.8 Å². The van der Waals surface area contributed by atoms with Gasteiger partial charge in [-0.25, -0.2) is 0 Å². The molecule has 2 N–H and O–H groups in total. The molecule has 0 atom stereocenters. The fourth-order valence-corrected chi connectivity index (χ4v) is 2.63. The standard InChI is InChI=1S/C19H15IN2O4/c1-25-15-8-6-14(7-9-15)21-18(23)12-2-4-13(5-3-12)22-19(24)16-10-11-17(20)26-16/h2-11H,1H3,(H,21,23)(H,22,24). The number of nitrogens with one attached hydrogen (secondary N) is 2. The van der Waals surface area contributed by atoms with Crippen LogP contribution in [0.15, 0.2) is 65.1 Å². The molecule has 0 fully saturated rings. The first kappa shape index (κ1) is 18.0. The number of halogens is 1. The van der Waals surface area contributed by atoms with Crippen LogP contribution in [0.4, 0.5) is 11.4 Å². The number of hydrogen-bond donors (Lipinski definition) is 2. The molecule has 3 aromatic rings. The van der Waals surface area contributed by atoms with E-state index in [9.17, 15) is 9.59 Å². The largest absolute Gasteiger partial charge is 0.497 e. The molecule has 6 nitrogen and oxygen atoms in total. The third-order valence-corrected chi connectivity index (χ3v) is 4.13. The molecule has 0 spiro atoms. The minimum atomic E-state index is -0.344. The third-order valence-electron chi connectivity index (χ3n) is 3.55. The van der Waals surface area contributed by atoms with Crippen molar-refractivity contribution in [2.45, 2.75) is 0 Å². The summed E-state index contributed by atoms with van der Waals surface area (Å²) in [7, 11) is 1.58. The van der Waals surface area contributed by atoms with Gasteiger partial charge in [0.2, 0.25) is 0 Å². The number of ether oxygens (including phenoxy) is 1. The molecule has 1 aromatic heterocycles. The monoisotopic (exact) mass is 462 g/mol. The first-order valence-electron chi connectivity index (χ1n) is 7.67. The van der Waals surface area contributed by atoms with Crippen LogP contribution < -0.4 is 15.4 Å². The molecule has 0 saturated carbocycles. The average molecular weight is 462 g/mol. The lowest BCUT2D eigenvalue weighted by Crippen LogP contribution is -2.13. The van der Waals surface area contributed by atoms with E-state index in [0.717, 1.165) is 0 Å². The fourth-order valence-electron chi connectivity index (χ4n) is 2.21. The Bertz CT molecular complexity index is 917. The van der Waals surface area contributed by atoms with Crippen LogP contribution in [0.3, 0.4) is 0 Å². The maximum atomic E-state index is 12.3. The third kappa shape index (κ3) is 4.42. The molecule has 0 aliphatic heterocycles. The number of hydrogen-bond acceptors (Lipinski definition) is 4. The molecule has 0 radical (unpaired) electrons. The fraction of sp³-hybridized carbons (Fsp3) is 0.0526. The molecule has 1 heterocycles. The van der Waals surface area contributed by atoms with E-state index in [0.29, 0.717) is 26.5 Å². The Morgan fingerprint density at radius 3 is 1.96 bits per heavy atom. The number of carbonyl (C=O) groups is 2. The van der Waals surface area contributed by atoms with E-state index < -0.39 is 0 Å². The van der Waals surface area contributed by atoms with E-state index in [-0.39, 0.29) is 17.6 Å². The number of anilines is 2. The lowest BCUT2D eigenvalue weighted by molar-refractivity contribution is 0.0994. The second-order valence-electron chi connectivity index (χ2n) is 5.32. The quantitative estimate of drug-likeness (QED) is 0.551. The maximum absolute atomic E-state index is 12.3. The molecule has 0 aliphatic carbocycles. The van der Waals surface area contributed by atoms with E-state index >= 15 is 0 Å². The molecule has 26 heavy (non-hydrogen) atoms. The smallest absolute Gasteiger partial charge is 0.291 e. The highest BCUT2D eigenvalue weighted by Crippen LogP contribution is 2.17. The van der Waals surface area contributed by atoms with Crippen LogP contribution in [0, 0.1) is 3.77 Å². The molecule has 7 heteroatoms. The minimum Gasteiger partial charge on any atom is -0.497 e. The minimum absolute atomic E-state index is 0.232. The second kappa shape index (κ2) is 8.05. The van der Waals surface area contributed by atoms with Gasteiger partial charge in [-0.05, 0) is 83.3 Å². The van der Waals surface area contributed by atoms with Crippen molar-refractivity contribution in [3.8, 4) is 5.75 Å². The lowest BCUT2D eigenvalue weighted by atomic mass is 10.2. The van der Waals surface area contributed by atoms with Gasteiger partial charge in [0, 0.05) is 16.9 Å². The predicted molar refractivity (Wildman–Crippen MR) is 107 cm³/mol. The normalized spacial score (nSPS) is 10.2. The summed E-state index contributed by atoms with van der Waals surface area (Å²) in [4.78, 5) is 24.3. The summed E-state index contributed by atoms with van der Waals surface area (Å²) < 4.78 is 11.0. The van der Waals surface area contributed by atoms with Crippen molar-refractivity contribution in [1.29, 1.82) is 0 Å². The molecular formula is C19H15IN2O4. The summed E-state index contributed by atoms with van der Waals surface area (Å²) >= 11 is 1.99. The van der Waals surface area contributed by atoms with Gasteiger partial charge in [0.15, 0.2) is 9.53 Å². The van der Waals surface area contributed by atoms with Gasteiger partial charge in [-0.15, -0.1) is 0 Å². The Balaban J connectivity index is 1.62. The number of furan rings is 1. The van der Waals surface area contributed by atoms with Crippen LogP contribution in [0.2, 0.25) is 0 Å². The molecule has 2 aromatic carbocycles. The topological polar surface area (TPSA) is 80.6 Å². The molecule has 0 aliphatic rings. The van der Waals surface area contributed by atoms with Crippen LogP contribution in [-0.4, -0.2) is 18.9 Å². The molecule has 132 valence electrons. The van der Waals surface area contributed by atoms with E-state index in [1.54, 1.807) is 67.8 Å². The average Bonchev–Trinajstić information content (AvgIpc) is 3.09. The number of methoxy groups -OCH3 is 1. The van der Waals surface area contributed by atoms with Gasteiger partial charge in [0.05, 0.1) is 7.11 Å². The van der Waals surface area contributed by atoms with E-state index in [1.807, 2.05) is 22.6 Å². The van der Waals surface area contributed by atoms with Gasteiger partial charge >= 0.3 is 0 Å². The number of amides is 2. The van der Waals surface area contributed by atoms with Gasteiger partial charge < -0.3 is 19.8 Å². The molecule has 0 unspecified atom stereocenters. The highest BCUT2D eigenvalue weighted by molar-refractivity contribution is 14.1. The summed E-state index contributed by atoms with van der Waals surface area (Å²) in [6, 6.07) is 17.0. The Kier molecular flexibility index (Phi) is 5.57. The van der Waals surface area contributed by atoms with Gasteiger partial charge in [-0.1, -0.05) is 0 Å². The second-order valence-corrected chi connectivity index (χ2v) is 6.38. The highest BCUT2D eigenvalue weighted by atomic mass is 127. The van der Waals surface area contributed by atoms with E-state index in [2.05, 4.69) is 10.6 Å². The van der Waals surface area contributed by atoms with Crippen molar-refractivity contribution in [3.05, 3.63) is 75.8 Å². The summed E-state index contributed by atoms with van der Waals surface area (Å²) in [5.41, 5.74) is 1.72. The Morgan fingerprint density at radius 1 is 0.846 bits per heavy atom. The molecular weight excluding hydrogens is 447 g/mol. The zero-order valence-corrected chi connectivity index (χ0v) is 15.9. The molecule has 0 saturated heterocycles. The van der Waals surface area contributed by atoms with Crippen molar-refractivity contribution in [3.63, 3.8) is 0 Å². The van der Waals surface area contributed by atoms with Crippen molar-refractivity contribution >= 4 is 45.8 Å². The van der Waals surface area contributed by atoms with Crippen molar-refractivity contribution in [2.75, 3.05) is 17.7 Å². The lowest BCUT2D eigenvalue weighted by Gasteiger charge is -2.08. The highest BCUT2D eigenvalue weighted by Gasteiger charge is 2.11. The number of rotatable bonds is 5. The zero-order chi connectivity index (χ0) is 18.5. The van der Waals surface area contributed by atoms with E-state index in [4.69, 9.17) is 9.15 Å². The first-order valence-corrected chi connectivity index (χ1v) is 8.75. The SMILES string of the molecule is COc1ccc(NC(=O)c2ccc(NC(=O)c3ccc(I)o3)cc2)cc1. The summed E-state index contributed by atoms with van der Waals surface area (Å²) in [6.07, 6.45) is 0. The van der Waals surface area contributed by atoms with Gasteiger partial charge in [0.1, 0.15) is 5.75 Å². The summed E-state index contributed by atoms with van der Waals surface area (Å²) in [5, 5.41) is 5.52. The Hall–Kier alpha value is -2.81. The van der Waals surface area contributed by atoms with E-state index in [1.165, 1.54) is 0 Å². The van der Waals surface area contributed by atoms with Gasteiger partial charge in [-0.2, -0.15) is 0 Å². The molecule has 2 amide bonds. The number of benzene rings is 2. The summed E-state index contributed by atoms with van der Waals surface area (Å²) in [6.45, 7) is 0. The molecule has 0 bridgehead atoms. The van der Waals surface area contributed by atoms with Crippen LogP contribution in [-0.2, 0) is 0 Å². The number of carbonyl (C=O) groups excluding carboxylic acids is 2. The zero-order valence-electron chi connectivity index (χ0n) is 13.8. The van der Waals surface area contributed by atoms with Crippen molar-refractivity contribution in [2.24, 2.45) is 0 Å². The Labute approximate surface area is 163 Å². The molecule has 3 rings (SSSR count). The summed E-state index contributed by atoms with van der Waals surface area (Å²) in [5.74, 6) is 0.363. The van der Waals surface area contributed by atoms with Crippen molar-refractivity contribution in [1.82, 2.24) is 0 Å².